The van der Waals surface area contributed by atoms with Gasteiger partial charge in [-0.2, -0.15) is 0 Å². The van der Waals surface area contributed by atoms with Crippen molar-refractivity contribution in [3.63, 3.8) is 0 Å². The molecule has 1 aliphatic carbocycles. The molecule has 1 N–H and O–H groups in total. The van der Waals surface area contributed by atoms with Gasteiger partial charge in [-0.3, -0.25) is 4.79 Å². The van der Waals surface area contributed by atoms with Gasteiger partial charge in [-0.05, 0) is 55.5 Å². The molecule has 6 nitrogen and oxygen atoms in total. The summed E-state index contributed by atoms with van der Waals surface area (Å²) in [5, 5.41) is 9.04. The maximum Gasteiger partial charge on any atom is 0.345 e. The van der Waals surface area contributed by atoms with Crippen LogP contribution in [0.4, 0.5) is 0 Å². The van der Waals surface area contributed by atoms with Gasteiger partial charge in [-0.25, -0.2) is 4.79 Å². The largest absolute Gasteiger partial charge is 0.486 e. The van der Waals surface area contributed by atoms with Crippen LogP contribution in [0.1, 0.15) is 39.4 Å². The van der Waals surface area contributed by atoms with Crippen molar-refractivity contribution in [2.45, 2.75) is 32.2 Å². The van der Waals surface area contributed by atoms with E-state index in [2.05, 4.69) is 0 Å². The highest BCUT2D eigenvalue weighted by molar-refractivity contribution is 7.13. The fourth-order valence-electron chi connectivity index (χ4n) is 3.33. The minimum absolute atomic E-state index is 0.164. The molecule has 0 spiro atoms. The van der Waals surface area contributed by atoms with Crippen LogP contribution in [0.15, 0.2) is 30.3 Å². The number of carboxylic acid groups (broad SMARTS) is 1. The molecule has 4 rings (SSSR count). The molecule has 1 saturated carbocycles. The molecular weight excluding hydrogens is 378 g/mol. The Labute approximate surface area is 167 Å². The zero-order valence-corrected chi connectivity index (χ0v) is 16.4. The SMILES string of the molecule is O=C(O)c1ccc(CCCN(Cc2ccc3c(c2)OCCO3)C(=O)C2CC2)s1. The molecule has 148 valence electrons. The monoisotopic (exact) mass is 401 g/mol. The van der Waals surface area contributed by atoms with Crippen LogP contribution in [0.3, 0.4) is 0 Å². The second kappa shape index (κ2) is 8.22. The highest BCUT2D eigenvalue weighted by Crippen LogP contribution is 2.34. The minimum atomic E-state index is -0.889. The summed E-state index contributed by atoms with van der Waals surface area (Å²) in [4.78, 5) is 27.1. The van der Waals surface area contributed by atoms with E-state index >= 15 is 0 Å². The smallest absolute Gasteiger partial charge is 0.345 e. The van der Waals surface area contributed by atoms with E-state index in [-0.39, 0.29) is 11.8 Å². The maximum absolute atomic E-state index is 12.7. The Kier molecular flexibility index (Phi) is 5.52. The van der Waals surface area contributed by atoms with Crippen LogP contribution in [0.25, 0.3) is 0 Å². The van der Waals surface area contributed by atoms with Crippen LogP contribution in [-0.2, 0) is 17.8 Å². The second-order valence-electron chi connectivity index (χ2n) is 7.19. The molecule has 0 radical (unpaired) electrons. The number of aromatic carboxylic acids is 1. The van der Waals surface area contributed by atoms with Crippen molar-refractivity contribution in [1.82, 2.24) is 4.90 Å². The first-order valence-electron chi connectivity index (χ1n) is 9.59. The fourth-order valence-corrected chi connectivity index (χ4v) is 4.22. The molecule has 0 bridgehead atoms. The second-order valence-corrected chi connectivity index (χ2v) is 8.36. The number of carbonyl (C=O) groups excluding carboxylic acids is 1. The number of ether oxygens (including phenoxy) is 2. The van der Waals surface area contributed by atoms with Gasteiger partial charge in [-0.15, -0.1) is 11.3 Å². The summed E-state index contributed by atoms with van der Waals surface area (Å²) in [7, 11) is 0. The number of carbonyl (C=O) groups is 2. The Morgan fingerprint density at radius 2 is 1.89 bits per heavy atom. The lowest BCUT2D eigenvalue weighted by atomic mass is 10.1. The number of rotatable bonds is 8. The standard InChI is InChI=1S/C21H23NO5S/c23-20(15-4-5-15)22(9-1-2-16-6-8-19(28-16)21(24)25)13-14-3-7-17-18(12-14)27-11-10-26-17/h3,6-8,12,15H,1-2,4-5,9-11,13H2,(H,24,25). The quantitative estimate of drug-likeness (QED) is 0.732. The molecule has 2 aliphatic rings. The molecule has 28 heavy (non-hydrogen) atoms. The van der Waals surface area contributed by atoms with Crippen molar-refractivity contribution < 1.29 is 24.2 Å². The molecular formula is C21H23NO5S. The van der Waals surface area contributed by atoms with Gasteiger partial charge in [0.25, 0.3) is 0 Å². The van der Waals surface area contributed by atoms with E-state index in [1.54, 1.807) is 6.07 Å². The van der Waals surface area contributed by atoms with E-state index in [4.69, 9.17) is 14.6 Å². The third-order valence-electron chi connectivity index (χ3n) is 4.94. The highest BCUT2D eigenvalue weighted by atomic mass is 32.1. The predicted molar refractivity (Wildman–Crippen MR) is 105 cm³/mol. The molecule has 0 saturated heterocycles. The first kappa shape index (κ1) is 18.8. The molecule has 2 aromatic rings. The summed E-state index contributed by atoms with van der Waals surface area (Å²) in [6.45, 7) is 2.31. The topological polar surface area (TPSA) is 76.1 Å². The van der Waals surface area contributed by atoms with Gasteiger partial charge < -0.3 is 19.5 Å². The summed E-state index contributed by atoms with van der Waals surface area (Å²) < 4.78 is 11.2. The van der Waals surface area contributed by atoms with Crippen molar-refractivity contribution in [1.29, 1.82) is 0 Å². The number of fused-ring (bicyclic) bond motifs is 1. The summed E-state index contributed by atoms with van der Waals surface area (Å²) >= 11 is 1.31. The van der Waals surface area contributed by atoms with Crippen LogP contribution < -0.4 is 9.47 Å². The number of thiophene rings is 1. The molecule has 1 aliphatic heterocycles. The van der Waals surface area contributed by atoms with Gasteiger partial charge in [-0.1, -0.05) is 6.07 Å². The summed E-state index contributed by atoms with van der Waals surface area (Å²) in [5.41, 5.74) is 1.03. The van der Waals surface area contributed by atoms with E-state index in [9.17, 15) is 9.59 Å². The van der Waals surface area contributed by atoms with E-state index < -0.39 is 5.97 Å². The highest BCUT2D eigenvalue weighted by Gasteiger charge is 2.33. The van der Waals surface area contributed by atoms with Gasteiger partial charge in [0.15, 0.2) is 11.5 Å². The van der Waals surface area contributed by atoms with Crippen LogP contribution in [0.5, 0.6) is 11.5 Å². The van der Waals surface area contributed by atoms with E-state index in [0.717, 1.165) is 47.6 Å². The molecule has 7 heteroatoms. The maximum atomic E-state index is 12.7. The number of hydrogen-bond donors (Lipinski definition) is 1. The summed E-state index contributed by atoms with van der Waals surface area (Å²) in [6.07, 6.45) is 3.53. The third-order valence-corrected chi connectivity index (χ3v) is 6.07. The first-order chi connectivity index (χ1) is 13.6. The number of benzene rings is 1. The number of carboxylic acids is 1. The van der Waals surface area contributed by atoms with Gasteiger partial charge >= 0.3 is 5.97 Å². The van der Waals surface area contributed by atoms with Gasteiger partial charge in [0.05, 0.1) is 0 Å². The van der Waals surface area contributed by atoms with E-state index in [0.29, 0.717) is 31.2 Å². The molecule has 0 atom stereocenters. The number of amides is 1. The number of aryl methyl sites for hydroxylation is 1. The molecule has 1 amide bonds. The third kappa shape index (κ3) is 4.47. The van der Waals surface area contributed by atoms with Crippen LogP contribution in [0.2, 0.25) is 0 Å². The summed E-state index contributed by atoms with van der Waals surface area (Å²) in [5.74, 6) is 0.981. The van der Waals surface area contributed by atoms with Crippen LogP contribution in [-0.4, -0.2) is 41.6 Å². The molecule has 2 heterocycles. The zero-order valence-electron chi connectivity index (χ0n) is 15.6. The van der Waals surface area contributed by atoms with Crippen molar-refractivity contribution in [2.75, 3.05) is 19.8 Å². The van der Waals surface area contributed by atoms with Gasteiger partial charge in [0.2, 0.25) is 5.91 Å². The lowest BCUT2D eigenvalue weighted by molar-refractivity contribution is -0.133. The average molecular weight is 401 g/mol. The lowest BCUT2D eigenvalue weighted by Gasteiger charge is -2.24. The predicted octanol–water partition coefficient (Wildman–Crippen LogP) is 3.59. The average Bonchev–Trinajstić information content (AvgIpc) is 3.44. The summed E-state index contributed by atoms with van der Waals surface area (Å²) in [6, 6.07) is 9.36. The Morgan fingerprint density at radius 1 is 1.11 bits per heavy atom. The molecule has 0 unspecified atom stereocenters. The van der Waals surface area contributed by atoms with Crippen molar-refractivity contribution in [3.8, 4) is 11.5 Å². The minimum Gasteiger partial charge on any atom is -0.486 e. The Hall–Kier alpha value is -2.54. The number of nitrogens with zero attached hydrogens (tertiary/aromatic N) is 1. The Bertz CT molecular complexity index is 873. The van der Waals surface area contributed by atoms with E-state index in [1.807, 2.05) is 29.2 Å². The molecule has 1 aromatic heterocycles. The normalized spacial score (nSPS) is 15.3. The van der Waals surface area contributed by atoms with Gasteiger partial charge in [0, 0.05) is 23.9 Å². The fraction of sp³-hybridized carbons (Fsp3) is 0.429. The van der Waals surface area contributed by atoms with Crippen LogP contribution in [0, 0.1) is 5.92 Å². The van der Waals surface area contributed by atoms with Crippen molar-refractivity contribution in [2.24, 2.45) is 5.92 Å². The van der Waals surface area contributed by atoms with Crippen LogP contribution >= 0.6 is 11.3 Å². The Morgan fingerprint density at radius 3 is 2.61 bits per heavy atom. The Balaban J connectivity index is 1.39. The van der Waals surface area contributed by atoms with Gasteiger partial charge in [0.1, 0.15) is 18.1 Å². The number of hydrogen-bond acceptors (Lipinski definition) is 5. The first-order valence-corrected chi connectivity index (χ1v) is 10.4. The molecule has 1 fully saturated rings. The van der Waals surface area contributed by atoms with Crippen molar-refractivity contribution in [3.05, 3.63) is 45.6 Å². The molecule has 1 aromatic carbocycles. The zero-order chi connectivity index (χ0) is 19.5. The van der Waals surface area contributed by atoms with Crippen molar-refractivity contribution >= 4 is 23.2 Å². The lowest BCUT2D eigenvalue weighted by Crippen LogP contribution is -2.33. The van der Waals surface area contributed by atoms with E-state index in [1.165, 1.54) is 11.3 Å².